The fourth-order valence-electron chi connectivity index (χ4n) is 2.80. The summed E-state index contributed by atoms with van der Waals surface area (Å²) >= 11 is 1.61. The van der Waals surface area contributed by atoms with E-state index in [1.807, 2.05) is 30.5 Å². The summed E-state index contributed by atoms with van der Waals surface area (Å²) < 4.78 is 5.74. The van der Waals surface area contributed by atoms with Crippen LogP contribution in [0.4, 0.5) is 0 Å². The van der Waals surface area contributed by atoms with Crippen molar-refractivity contribution in [3.63, 3.8) is 0 Å². The van der Waals surface area contributed by atoms with E-state index in [9.17, 15) is 4.79 Å². The Morgan fingerprint density at radius 2 is 2.27 bits per heavy atom. The molecule has 1 saturated heterocycles. The molecule has 5 nitrogen and oxygen atoms in total. The summed E-state index contributed by atoms with van der Waals surface area (Å²) in [4.78, 5) is 16.7. The van der Waals surface area contributed by atoms with Crippen LogP contribution in [0, 0.1) is 12.8 Å². The van der Waals surface area contributed by atoms with Crippen molar-refractivity contribution >= 4 is 42.1 Å². The van der Waals surface area contributed by atoms with E-state index in [0.717, 1.165) is 30.3 Å². The lowest BCUT2D eigenvalue weighted by Crippen LogP contribution is -2.38. The Balaban J connectivity index is 0.00000169. The van der Waals surface area contributed by atoms with Gasteiger partial charge in [-0.15, -0.1) is 36.2 Å². The zero-order valence-electron chi connectivity index (χ0n) is 14.7. The highest BCUT2D eigenvalue weighted by Crippen LogP contribution is 2.16. The number of aromatic nitrogens is 1. The van der Waals surface area contributed by atoms with Gasteiger partial charge < -0.3 is 15.4 Å². The van der Waals surface area contributed by atoms with E-state index in [-0.39, 0.29) is 30.7 Å². The molecule has 1 aromatic carbocycles. The van der Waals surface area contributed by atoms with Crippen LogP contribution in [0.3, 0.4) is 0 Å². The first-order chi connectivity index (χ1) is 11.7. The van der Waals surface area contributed by atoms with Gasteiger partial charge in [0.05, 0.1) is 10.7 Å². The van der Waals surface area contributed by atoms with Gasteiger partial charge in [0.15, 0.2) is 0 Å². The average molecular weight is 418 g/mol. The number of rotatable bonds is 6. The molecule has 1 fully saturated rings. The van der Waals surface area contributed by atoms with Gasteiger partial charge in [0.25, 0.3) is 5.91 Å². The molecule has 1 unspecified atom stereocenters. The zero-order valence-corrected chi connectivity index (χ0v) is 17.1. The standard InChI is InChI=1S/C18H23N3O2S.2ClH/c1-13-21-16(12-24-13)11-23-17-6-2-5-15(8-17)18(22)20-10-14-4-3-7-19-9-14;;/h2,5-6,8,12,14,19H,3-4,7,9-11H2,1H3,(H,20,22);2*1H. The number of carbonyl (C=O) groups excluding carboxylic acids is 1. The number of thiazole rings is 1. The number of hydrogen-bond donors (Lipinski definition) is 2. The minimum atomic E-state index is -0.0458. The third-order valence-electron chi connectivity index (χ3n) is 4.10. The largest absolute Gasteiger partial charge is 0.487 e. The molecule has 2 aromatic rings. The molecule has 0 radical (unpaired) electrons. The lowest BCUT2D eigenvalue weighted by molar-refractivity contribution is 0.0944. The Bertz CT molecular complexity index is 691. The van der Waals surface area contributed by atoms with E-state index in [2.05, 4.69) is 15.6 Å². The molecule has 0 spiro atoms. The van der Waals surface area contributed by atoms with Crippen LogP contribution in [0.15, 0.2) is 29.6 Å². The van der Waals surface area contributed by atoms with Crippen molar-refractivity contribution in [3.05, 3.63) is 45.9 Å². The topological polar surface area (TPSA) is 63.2 Å². The molecular weight excluding hydrogens is 393 g/mol. The number of ether oxygens (including phenoxy) is 1. The maximum Gasteiger partial charge on any atom is 0.251 e. The smallest absolute Gasteiger partial charge is 0.251 e. The number of amides is 1. The van der Waals surface area contributed by atoms with Crippen molar-refractivity contribution in [3.8, 4) is 5.75 Å². The van der Waals surface area contributed by atoms with E-state index in [1.54, 1.807) is 17.4 Å². The van der Waals surface area contributed by atoms with Crippen molar-refractivity contribution in [1.82, 2.24) is 15.6 Å². The predicted octanol–water partition coefficient (Wildman–Crippen LogP) is 3.60. The first kappa shape index (κ1) is 22.7. The number of benzene rings is 1. The monoisotopic (exact) mass is 417 g/mol. The molecule has 26 heavy (non-hydrogen) atoms. The van der Waals surface area contributed by atoms with Crippen LogP contribution in [-0.4, -0.2) is 30.5 Å². The summed E-state index contributed by atoms with van der Waals surface area (Å²) in [6.07, 6.45) is 2.35. The van der Waals surface area contributed by atoms with Crippen LogP contribution in [-0.2, 0) is 6.61 Å². The van der Waals surface area contributed by atoms with Crippen LogP contribution in [0.5, 0.6) is 5.75 Å². The highest BCUT2D eigenvalue weighted by atomic mass is 35.5. The van der Waals surface area contributed by atoms with Crippen LogP contribution in [0.2, 0.25) is 0 Å². The van der Waals surface area contributed by atoms with Crippen LogP contribution < -0.4 is 15.4 Å². The van der Waals surface area contributed by atoms with Crippen LogP contribution >= 0.6 is 36.2 Å². The molecule has 1 amide bonds. The third kappa shape index (κ3) is 6.76. The maximum absolute atomic E-state index is 12.3. The minimum absolute atomic E-state index is 0. The molecule has 0 bridgehead atoms. The SMILES string of the molecule is Cc1nc(COc2cccc(C(=O)NCC3CCCNC3)c2)cs1.Cl.Cl. The predicted molar refractivity (Wildman–Crippen MR) is 110 cm³/mol. The minimum Gasteiger partial charge on any atom is -0.487 e. The molecule has 2 heterocycles. The van der Waals surface area contributed by atoms with E-state index >= 15 is 0 Å². The summed E-state index contributed by atoms with van der Waals surface area (Å²) in [7, 11) is 0. The van der Waals surface area contributed by atoms with E-state index in [4.69, 9.17) is 4.74 Å². The molecule has 8 heteroatoms. The summed E-state index contributed by atoms with van der Waals surface area (Å²) in [5.41, 5.74) is 1.54. The van der Waals surface area contributed by atoms with Gasteiger partial charge in [-0.2, -0.15) is 0 Å². The highest BCUT2D eigenvalue weighted by molar-refractivity contribution is 7.09. The number of aryl methyl sites for hydroxylation is 1. The lowest BCUT2D eigenvalue weighted by atomic mass is 9.99. The second-order valence-corrected chi connectivity index (χ2v) is 7.16. The van der Waals surface area contributed by atoms with Crippen LogP contribution in [0.1, 0.15) is 33.9 Å². The van der Waals surface area contributed by atoms with E-state index in [0.29, 0.717) is 23.8 Å². The first-order valence-corrected chi connectivity index (χ1v) is 9.21. The Kier molecular flexibility index (Phi) is 9.94. The molecule has 1 aliphatic rings. The van der Waals surface area contributed by atoms with Gasteiger partial charge in [0.2, 0.25) is 0 Å². The summed E-state index contributed by atoms with van der Waals surface area (Å²) in [5, 5.41) is 9.41. The van der Waals surface area contributed by atoms with Gasteiger partial charge in [-0.05, 0) is 57.0 Å². The second-order valence-electron chi connectivity index (χ2n) is 6.10. The molecule has 1 aromatic heterocycles. The van der Waals surface area contributed by atoms with Crippen molar-refractivity contribution < 1.29 is 9.53 Å². The Morgan fingerprint density at radius 3 is 2.96 bits per heavy atom. The lowest BCUT2D eigenvalue weighted by Gasteiger charge is -2.22. The molecule has 144 valence electrons. The van der Waals surface area contributed by atoms with Gasteiger partial charge >= 0.3 is 0 Å². The van der Waals surface area contributed by atoms with Gasteiger partial charge in [0, 0.05) is 17.5 Å². The first-order valence-electron chi connectivity index (χ1n) is 8.33. The second kappa shape index (κ2) is 11.4. The fraction of sp³-hybridized carbons (Fsp3) is 0.444. The molecule has 0 saturated carbocycles. The number of hydrogen-bond acceptors (Lipinski definition) is 5. The number of carbonyl (C=O) groups is 1. The molecular formula is C18H25Cl2N3O2S. The average Bonchev–Trinajstić information content (AvgIpc) is 3.04. The third-order valence-corrected chi connectivity index (χ3v) is 4.92. The van der Waals surface area contributed by atoms with Crippen molar-refractivity contribution in [2.45, 2.75) is 26.4 Å². The Labute approximate surface area is 170 Å². The van der Waals surface area contributed by atoms with Crippen molar-refractivity contribution in [2.24, 2.45) is 5.92 Å². The van der Waals surface area contributed by atoms with Gasteiger partial charge in [0.1, 0.15) is 12.4 Å². The zero-order chi connectivity index (χ0) is 16.8. The highest BCUT2D eigenvalue weighted by Gasteiger charge is 2.14. The van der Waals surface area contributed by atoms with Crippen molar-refractivity contribution in [1.29, 1.82) is 0 Å². The molecule has 3 rings (SSSR count). The van der Waals surface area contributed by atoms with Gasteiger partial charge in [-0.3, -0.25) is 4.79 Å². The summed E-state index contributed by atoms with van der Waals surface area (Å²) in [5.74, 6) is 1.17. The van der Waals surface area contributed by atoms with Crippen LogP contribution in [0.25, 0.3) is 0 Å². The quantitative estimate of drug-likeness (QED) is 0.753. The maximum atomic E-state index is 12.3. The fourth-order valence-corrected chi connectivity index (χ4v) is 3.39. The number of halogens is 2. The molecule has 1 atom stereocenters. The normalized spacial score (nSPS) is 16.1. The Hall–Kier alpha value is -1.34. The van der Waals surface area contributed by atoms with Crippen molar-refractivity contribution in [2.75, 3.05) is 19.6 Å². The van der Waals surface area contributed by atoms with Gasteiger partial charge in [-0.1, -0.05) is 6.07 Å². The number of piperidine rings is 1. The number of nitrogens with one attached hydrogen (secondary N) is 2. The van der Waals surface area contributed by atoms with E-state index < -0.39 is 0 Å². The summed E-state index contributed by atoms with van der Waals surface area (Å²) in [6, 6.07) is 7.31. The Morgan fingerprint density at radius 1 is 1.42 bits per heavy atom. The van der Waals surface area contributed by atoms with Gasteiger partial charge in [-0.25, -0.2) is 4.98 Å². The number of nitrogens with zero attached hydrogens (tertiary/aromatic N) is 1. The summed E-state index contributed by atoms with van der Waals surface area (Å²) in [6.45, 7) is 5.18. The molecule has 2 N–H and O–H groups in total. The molecule has 1 aliphatic heterocycles. The molecule has 0 aliphatic carbocycles. The van der Waals surface area contributed by atoms with E-state index in [1.165, 1.54) is 12.8 Å².